The van der Waals surface area contributed by atoms with E-state index in [2.05, 4.69) is 34.0 Å². The Bertz CT molecular complexity index is 1290. The highest BCUT2D eigenvalue weighted by atomic mass is 35.5. The summed E-state index contributed by atoms with van der Waals surface area (Å²) in [5.41, 5.74) is 5.98. The predicted molar refractivity (Wildman–Crippen MR) is 112 cm³/mol. The highest BCUT2D eigenvalue weighted by Crippen LogP contribution is 2.66. The molecule has 2 aromatic rings. The lowest BCUT2D eigenvalue weighted by Crippen LogP contribution is -2.41. The molecule has 22 heteroatoms. The number of anilines is 1. The van der Waals surface area contributed by atoms with Gasteiger partial charge in [0.25, 0.3) is 0 Å². The van der Waals surface area contributed by atoms with Crippen molar-refractivity contribution in [3.63, 3.8) is 0 Å². The van der Waals surface area contributed by atoms with Gasteiger partial charge in [0.15, 0.2) is 16.7 Å². The number of phosphoric ester groups is 1. The van der Waals surface area contributed by atoms with Gasteiger partial charge in [-0.3, -0.25) is 9.09 Å². The third kappa shape index (κ3) is 6.14. The van der Waals surface area contributed by atoms with Gasteiger partial charge in [-0.2, -0.15) is 13.6 Å². The van der Waals surface area contributed by atoms with Gasteiger partial charge in [-0.1, -0.05) is 17.5 Å². The van der Waals surface area contributed by atoms with Gasteiger partial charge >= 0.3 is 23.5 Å². The molecule has 6 atom stereocenters. The van der Waals surface area contributed by atoms with Crippen LogP contribution < -0.4 is 5.73 Å². The first-order valence-electron chi connectivity index (χ1n) is 8.45. The summed E-state index contributed by atoms with van der Waals surface area (Å²) in [5.74, 6) is 2.23. The van der Waals surface area contributed by atoms with Crippen LogP contribution in [-0.2, 0) is 31.6 Å². The summed E-state index contributed by atoms with van der Waals surface area (Å²) in [7, 11) is -16.8. The number of aromatic nitrogens is 4. The molecule has 1 fully saturated rings. The molecule has 0 bridgehead atoms. The number of rotatable bonds is 8. The molecule has 0 radical (unpaired) electrons. The maximum Gasteiger partial charge on any atom is 0.490 e. The first kappa shape index (κ1) is 27.4. The maximum absolute atomic E-state index is 12.0. The van der Waals surface area contributed by atoms with E-state index >= 15 is 0 Å². The number of nitrogens with two attached hydrogens (primary N) is 1. The monoisotopic (exact) mass is 583 g/mol. The molecular formula is C12H14Cl2N5O12P3. The number of aliphatic hydroxyl groups excluding tert-OH is 1. The highest BCUT2D eigenvalue weighted by molar-refractivity contribution is 7.66. The summed E-state index contributed by atoms with van der Waals surface area (Å²) in [5, 5.41) is 12.7. The van der Waals surface area contributed by atoms with E-state index in [0.29, 0.717) is 0 Å². The van der Waals surface area contributed by atoms with Crippen LogP contribution in [0.4, 0.5) is 5.95 Å². The molecule has 2 aromatic heterocycles. The lowest BCUT2D eigenvalue weighted by atomic mass is 9.99. The minimum atomic E-state index is -5.74. The Kier molecular flexibility index (Phi) is 7.82. The van der Waals surface area contributed by atoms with Crippen molar-refractivity contribution in [3.8, 4) is 11.3 Å². The molecular weight excluding hydrogens is 570 g/mol. The van der Waals surface area contributed by atoms with Crippen molar-refractivity contribution in [2.24, 2.45) is 0 Å². The molecule has 0 spiro atoms. The number of imidazole rings is 1. The normalized spacial score (nSPS) is 28.7. The van der Waals surface area contributed by atoms with Crippen LogP contribution in [-0.4, -0.2) is 67.9 Å². The van der Waals surface area contributed by atoms with Crippen LogP contribution in [0.15, 0.2) is 12.5 Å². The largest absolute Gasteiger partial charge is 0.490 e. The van der Waals surface area contributed by atoms with Gasteiger partial charge in [0, 0.05) is 5.38 Å². The molecule has 3 unspecified atom stereocenters. The lowest BCUT2D eigenvalue weighted by molar-refractivity contribution is -0.0428. The number of aliphatic hydroxyl groups is 1. The zero-order valence-electron chi connectivity index (χ0n) is 16.2. The van der Waals surface area contributed by atoms with Gasteiger partial charge in [0.1, 0.15) is 17.7 Å². The predicted octanol–water partition coefficient (Wildman–Crippen LogP) is 0.187. The zero-order valence-corrected chi connectivity index (χ0v) is 20.3. The van der Waals surface area contributed by atoms with Crippen LogP contribution >= 0.6 is 46.7 Å². The highest BCUT2D eigenvalue weighted by Gasteiger charge is 2.57. The standard InChI is InChI=1S/C12H14Cl2N5O12P3/c13-2-1-12(14)8(20)7(4-28-33(24,25)31-34(26,27)30-32(21,22)23)29-10(12)19-5-17-6-3-16-11(15)18-9(6)19/h3,5,7-8,10,20H,4H2,(H,24,25)(H,26,27)(H2,15,16,18)(H2,21,22,23)/t7-,8+,10-,12?/m1/s1. The molecule has 0 aromatic carbocycles. The van der Waals surface area contributed by atoms with Crippen molar-refractivity contribution in [1.29, 1.82) is 0 Å². The first-order valence-corrected chi connectivity index (χ1v) is 13.7. The van der Waals surface area contributed by atoms with E-state index in [1.165, 1.54) is 17.1 Å². The second-order valence-electron chi connectivity index (χ2n) is 6.43. The Labute approximate surface area is 199 Å². The van der Waals surface area contributed by atoms with Crippen LogP contribution in [0.5, 0.6) is 0 Å². The topological polar surface area (TPSA) is 259 Å². The average molecular weight is 584 g/mol. The first-order chi connectivity index (χ1) is 15.6. The summed E-state index contributed by atoms with van der Waals surface area (Å²) in [6.45, 7) is -0.996. The van der Waals surface area contributed by atoms with Crippen molar-refractivity contribution >= 4 is 63.8 Å². The number of hydrogen-bond donors (Lipinski definition) is 6. The molecule has 7 N–H and O–H groups in total. The molecule has 188 valence electrons. The smallest absolute Gasteiger partial charge is 0.387 e. The van der Waals surface area contributed by atoms with E-state index in [9.17, 15) is 28.6 Å². The summed E-state index contributed by atoms with van der Waals surface area (Å²) < 4.78 is 52.7. The number of hydrogen-bond acceptors (Lipinski definition) is 12. The molecule has 0 amide bonds. The Morgan fingerprint density at radius 2 is 1.88 bits per heavy atom. The van der Waals surface area contributed by atoms with E-state index in [-0.39, 0.29) is 17.1 Å². The minimum Gasteiger partial charge on any atom is -0.387 e. The van der Waals surface area contributed by atoms with Crippen LogP contribution in [0, 0.1) is 11.3 Å². The minimum absolute atomic E-state index is 0.124. The van der Waals surface area contributed by atoms with E-state index in [4.69, 9.17) is 43.5 Å². The zero-order chi connectivity index (χ0) is 25.5. The van der Waals surface area contributed by atoms with E-state index in [1.807, 2.05) is 5.38 Å². The number of fused-ring (bicyclic) bond motifs is 1. The fourth-order valence-corrected chi connectivity index (χ4v) is 6.42. The van der Waals surface area contributed by atoms with Gasteiger partial charge in [0.2, 0.25) is 5.95 Å². The maximum atomic E-state index is 12.0. The van der Waals surface area contributed by atoms with Crippen molar-refractivity contribution in [3.05, 3.63) is 12.5 Å². The average Bonchev–Trinajstić information content (AvgIpc) is 3.17. The lowest BCUT2D eigenvalue weighted by Gasteiger charge is -2.25. The molecule has 1 aliphatic heterocycles. The SMILES string of the molecule is Nc1ncc2ncn([C@@H]3O[C@H](COP(=O)(O)OP(=O)(O)OP(=O)(O)O)[C@H](O)C3(Cl)C#CCl)c2n1. The Hall–Kier alpha value is -1.18. The van der Waals surface area contributed by atoms with Gasteiger partial charge in [-0.05, 0) is 11.6 Å². The molecule has 0 saturated carbocycles. The number of nitrogen functional groups attached to an aromatic ring is 1. The number of ether oxygens (including phenoxy) is 1. The summed E-state index contributed by atoms with van der Waals surface area (Å²) >= 11 is 12.0. The number of phosphoric acid groups is 3. The molecule has 17 nitrogen and oxygen atoms in total. The number of alkyl halides is 1. The van der Waals surface area contributed by atoms with E-state index in [0.717, 1.165) is 0 Å². The van der Waals surface area contributed by atoms with E-state index in [1.54, 1.807) is 0 Å². The van der Waals surface area contributed by atoms with Gasteiger partial charge in [-0.15, -0.1) is 0 Å². The molecule has 3 rings (SSSR count). The molecule has 1 aliphatic rings. The van der Waals surface area contributed by atoms with Gasteiger partial charge in [0.05, 0.1) is 19.1 Å². The Balaban J connectivity index is 1.83. The molecule has 34 heavy (non-hydrogen) atoms. The molecule has 0 aliphatic carbocycles. The van der Waals surface area contributed by atoms with Crippen LogP contribution in [0.25, 0.3) is 11.2 Å². The van der Waals surface area contributed by atoms with Crippen molar-refractivity contribution in [2.45, 2.75) is 23.3 Å². The fraction of sp³-hybridized carbons (Fsp3) is 0.417. The van der Waals surface area contributed by atoms with Crippen LogP contribution in [0.1, 0.15) is 6.23 Å². The van der Waals surface area contributed by atoms with Crippen molar-refractivity contribution in [1.82, 2.24) is 19.5 Å². The van der Waals surface area contributed by atoms with E-state index < -0.39 is 53.4 Å². The summed E-state index contributed by atoms with van der Waals surface area (Å²) in [4.78, 5) is 45.8. The summed E-state index contributed by atoms with van der Waals surface area (Å²) in [6, 6.07) is 0. The van der Waals surface area contributed by atoms with Crippen LogP contribution in [0.3, 0.4) is 0 Å². The van der Waals surface area contributed by atoms with Crippen molar-refractivity contribution < 1.29 is 56.3 Å². The van der Waals surface area contributed by atoms with Gasteiger partial charge in [-0.25, -0.2) is 23.7 Å². The Morgan fingerprint density at radius 3 is 2.50 bits per heavy atom. The third-order valence-electron chi connectivity index (χ3n) is 4.09. The number of halogens is 2. The molecule has 1 saturated heterocycles. The third-order valence-corrected chi connectivity index (χ3v) is 8.49. The van der Waals surface area contributed by atoms with Crippen LogP contribution in [0.2, 0.25) is 0 Å². The number of nitrogens with zero attached hydrogens (tertiary/aromatic N) is 4. The second kappa shape index (κ2) is 9.70. The summed E-state index contributed by atoms with van der Waals surface area (Å²) in [6.07, 6.45) is -2.14. The van der Waals surface area contributed by atoms with Gasteiger partial charge < -0.3 is 35.2 Å². The second-order valence-corrected chi connectivity index (χ2v) is 11.7. The fourth-order valence-electron chi connectivity index (χ4n) is 2.84. The van der Waals surface area contributed by atoms with Crippen molar-refractivity contribution in [2.75, 3.05) is 12.3 Å². The molecule has 3 heterocycles. The Morgan fingerprint density at radius 1 is 1.21 bits per heavy atom. The quantitative estimate of drug-likeness (QED) is 0.137.